The van der Waals surface area contributed by atoms with Crippen LogP contribution in [0.5, 0.6) is 5.75 Å². The molecular weight excluding hydrogens is 276 g/mol. The third-order valence-corrected chi connectivity index (χ3v) is 3.71. The maximum absolute atomic E-state index is 11.2. The molecule has 5 nitrogen and oxygen atoms in total. The van der Waals surface area contributed by atoms with Crippen LogP contribution in [0.4, 0.5) is 0 Å². The summed E-state index contributed by atoms with van der Waals surface area (Å²) < 4.78 is 22.5. The largest absolute Gasteiger partial charge is 0.508 e. The second kappa shape index (κ2) is 6.04. The van der Waals surface area contributed by atoms with Crippen molar-refractivity contribution in [3.63, 3.8) is 0 Å². The first-order chi connectivity index (χ1) is 9.45. The van der Waals surface area contributed by atoms with Crippen molar-refractivity contribution in [2.24, 2.45) is 5.14 Å². The van der Waals surface area contributed by atoms with Crippen LogP contribution in [0.15, 0.2) is 53.4 Å². The van der Waals surface area contributed by atoms with Crippen molar-refractivity contribution in [3.05, 3.63) is 59.7 Å². The molecular formula is C14H16N2O3S. The van der Waals surface area contributed by atoms with Gasteiger partial charge < -0.3 is 10.4 Å². The maximum Gasteiger partial charge on any atom is 0.238 e. The van der Waals surface area contributed by atoms with E-state index < -0.39 is 10.0 Å². The average Bonchev–Trinajstić information content (AvgIpc) is 2.38. The van der Waals surface area contributed by atoms with Gasteiger partial charge in [0.25, 0.3) is 0 Å². The lowest BCUT2D eigenvalue weighted by Gasteiger charge is -2.07. The number of rotatable bonds is 5. The van der Waals surface area contributed by atoms with Gasteiger partial charge in [-0.05, 0) is 35.4 Å². The summed E-state index contributed by atoms with van der Waals surface area (Å²) in [6.07, 6.45) is 0. The van der Waals surface area contributed by atoms with E-state index in [2.05, 4.69) is 5.32 Å². The number of phenols is 1. The molecule has 0 saturated heterocycles. The lowest BCUT2D eigenvalue weighted by atomic mass is 10.2. The highest BCUT2D eigenvalue weighted by molar-refractivity contribution is 7.89. The van der Waals surface area contributed by atoms with Crippen LogP contribution in [0.2, 0.25) is 0 Å². The molecule has 0 aliphatic rings. The van der Waals surface area contributed by atoms with Crippen LogP contribution < -0.4 is 10.5 Å². The molecule has 6 heteroatoms. The molecule has 0 aliphatic carbocycles. The number of sulfonamides is 1. The van der Waals surface area contributed by atoms with Gasteiger partial charge in [-0.2, -0.15) is 0 Å². The molecule has 0 atom stereocenters. The Labute approximate surface area is 118 Å². The van der Waals surface area contributed by atoms with Crippen molar-refractivity contribution in [2.45, 2.75) is 18.0 Å². The van der Waals surface area contributed by atoms with Gasteiger partial charge in [-0.15, -0.1) is 0 Å². The predicted molar refractivity (Wildman–Crippen MR) is 76.5 cm³/mol. The quantitative estimate of drug-likeness (QED) is 0.775. The van der Waals surface area contributed by atoms with Crippen LogP contribution in [-0.2, 0) is 23.1 Å². The minimum atomic E-state index is -3.67. The molecule has 2 aromatic rings. The fourth-order valence-electron chi connectivity index (χ4n) is 1.85. The zero-order chi connectivity index (χ0) is 14.6. The third-order valence-electron chi connectivity index (χ3n) is 2.80. The van der Waals surface area contributed by atoms with E-state index in [0.29, 0.717) is 13.1 Å². The Balaban J connectivity index is 1.98. The Morgan fingerprint density at radius 2 is 1.60 bits per heavy atom. The number of benzene rings is 2. The highest BCUT2D eigenvalue weighted by Gasteiger charge is 2.07. The Bertz CT molecular complexity index is 699. The molecule has 0 unspecified atom stereocenters. The first-order valence-electron chi connectivity index (χ1n) is 6.05. The van der Waals surface area contributed by atoms with Gasteiger partial charge in [-0.3, -0.25) is 0 Å². The molecule has 0 radical (unpaired) electrons. The predicted octanol–water partition coefficient (Wildman–Crippen LogP) is 1.33. The highest BCUT2D eigenvalue weighted by atomic mass is 32.2. The Morgan fingerprint density at radius 3 is 2.20 bits per heavy atom. The molecule has 0 saturated carbocycles. The van der Waals surface area contributed by atoms with Crippen LogP contribution in [0.25, 0.3) is 0 Å². The summed E-state index contributed by atoms with van der Waals surface area (Å²) in [6, 6.07) is 13.4. The van der Waals surface area contributed by atoms with Crippen molar-refractivity contribution >= 4 is 10.0 Å². The summed E-state index contributed by atoms with van der Waals surface area (Å²) >= 11 is 0. The van der Waals surface area contributed by atoms with Crippen LogP contribution in [0, 0.1) is 0 Å². The molecule has 0 spiro atoms. The van der Waals surface area contributed by atoms with Crippen LogP contribution in [-0.4, -0.2) is 13.5 Å². The number of hydrogen-bond donors (Lipinski definition) is 3. The van der Waals surface area contributed by atoms with E-state index in [0.717, 1.165) is 11.1 Å². The van der Waals surface area contributed by atoms with Gasteiger partial charge >= 0.3 is 0 Å². The van der Waals surface area contributed by atoms with Crippen LogP contribution in [0.3, 0.4) is 0 Å². The van der Waals surface area contributed by atoms with E-state index in [1.807, 2.05) is 12.1 Å². The topological polar surface area (TPSA) is 92.4 Å². The van der Waals surface area contributed by atoms with E-state index >= 15 is 0 Å². The summed E-state index contributed by atoms with van der Waals surface area (Å²) in [5, 5.41) is 17.6. The van der Waals surface area contributed by atoms with Crippen molar-refractivity contribution in [1.82, 2.24) is 5.32 Å². The summed E-state index contributed by atoms with van der Waals surface area (Å²) in [4.78, 5) is 0.106. The standard InChI is InChI=1S/C14H16N2O3S/c15-20(18,19)14-6-2-4-12(8-14)10-16-9-11-3-1-5-13(17)7-11/h1-8,16-17H,9-10H2,(H2,15,18,19). The smallest absolute Gasteiger partial charge is 0.238 e. The molecule has 0 aromatic heterocycles. The molecule has 0 amide bonds. The van der Waals surface area contributed by atoms with Gasteiger partial charge in [-0.25, -0.2) is 13.6 Å². The number of primary sulfonamides is 1. The first-order valence-corrected chi connectivity index (χ1v) is 7.60. The summed E-state index contributed by atoms with van der Waals surface area (Å²) in [7, 11) is -3.67. The zero-order valence-electron chi connectivity index (χ0n) is 10.8. The van der Waals surface area contributed by atoms with E-state index in [-0.39, 0.29) is 10.6 Å². The fourth-order valence-corrected chi connectivity index (χ4v) is 2.43. The fraction of sp³-hybridized carbons (Fsp3) is 0.143. The third kappa shape index (κ3) is 4.06. The molecule has 0 heterocycles. The van der Waals surface area contributed by atoms with Crippen molar-refractivity contribution < 1.29 is 13.5 Å². The summed E-state index contributed by atoms with van der Waals surface area (Å²) in [5.74, 6) is 0.223. The van der Waals surface area contributed by atoms with E-state index in [1.54, 1.807) is 30.3 Å². The number of hydrogen-bond acceptors (Lipinski definition) is 4. The van der Waals surface area contributed by atoms with E-state index in [1.165, 1.54) is 6.07 Å². The summed E-state index contributed by atoms with van der Waals surface area (Å²) in [5.41, 5.74) is 1.78. The van der Waals surface area contributed by atoms with Gasteiger partial charge in [0.1, 0.15) is 5.75 Å². The van der Waals surface area contributed by atoms with Crippen LogP contribution >= 0.6 is 0 Å². The van der Waals surface area contributed by atoms with E-state index in [4.69, 9.17) is 5.14 Å². The second-order valence-electron chi connectivity index (χ2n) is 4.47. The molecule has 4 N–H and O–H groups in total. The van der Waals surface area contributed by atoms with Gasteiger partial charge in [0.2, 0.25) is 10.0 Å². The normalized spacial score (nSPS) is 11.4. The van der Waals surface area contributed by atoms with Gasteiger partial charge in [0.05, 0.1) is 4.90 Å². The number of aromatic hydroxyl groups is 1. The maximum atomic E-state index is 11.2. The molecule has 0 aliphatic heterocycles. The SMILES string of the molecule is NS(=O)(=O)c1cccc(CNCc2cccc(O)c2)c1. The van der Waals surface area contributed by atoms with Crippen LogP contribution in [0.1, 0.15) is 11.1 Å². The Hall–Kier alpha value is -1.89. The molecule has 2 rings (SSSR count). The van der Waals surface area contributed by atoms with Gasteiger partial charge in [0, 0.05) is 13.1 Å². The molecule has 2 aromatic carbocycles. The van der Waals surface area contributed by atoms with Crippen molar-refractivity contribution in [2.75, 3.05) is 0 Å². The van der Waals surface area contributed by atoms with E-state index in [9.17, 15) is 13.5 Å². The zero-order valence-corrected chi connectivity index (χ0v) is 11.6. The molecule has 106 valence electrons. The van der Waals surface area contributed by atoms with Crippen molar-refractivity contribution in [1.29, 1.82) is 0 Å². The number of phenolic OH excluding ortho intramolecular Hbond substituents is 1. The number of nitrogens with two attached hydrogens (primary N) is 1. The second-order valence-corrected chi connectivity index (χ2v) is 6.03. The Morgan fingerprint density at radius 1 is 1.00 bits per heavy atom. The first kappa shape index (κ1) is 14.5. The van der Waals surface area contributed by atoms with Gasteiger partial charge in [-0.1, -0.05) is 24.3 Å². The van der Waals surface area contributed by atoms with Gasteiger partial charge in [0.15, 0.2) is 0 Å². The Kier molecular flexibility index (Phi) is 4.39. The minimum absolute atomic E-state index is 0.106. The van der Waals surface area contributed by atoms with Crippen molar-refractivity contribution in [3.8, 4) is 5.75 Å². The lowest BCUT2D eigenvalue weighted by Crippen LogP contribution is -2.15. The molecule has 0 bridgehead atoms. The lowest BCUT2D eigenvalue weighted by molar-refractivity contribution is 0.474. The average molecular weight is 292 g/mol. The number of nitrogens with one attached hydrogen (secondary N) is 1. The molecule has 20 heavy (non-hydrogen) atoms. The highest BCUT2D eigenvalue weighted by Crippen LogP contribution is 2.12. The minimum Gasteiger partial charge on any atom is -0.508 e. The molecule has 0 fully saturated rings. The summed E-state index contributed by atoms with van der Waals surface area (Å²) in [6.45, 7) is 1.09. The monoisotopic (exact) mass is 292 g/mol.